The number of methoxy groups -OCH3 is 1. The van der Waals surface area contributed by atoms with Gasteiger partial charge in [0.05, 0.1) is 32.6 Å². The molecule has 1 fully saturated rings. The van der Waals surface area contributed by atoms with Gasteiger partial charge >= 0.3 is 0 Å². The second-order valence-electron chi connectivity index (χ2n) is 7.82. The summed E-state index contributed by atoms with van der Waals surface area (Å²) in [5.41, 5.74) is 2.78. The van der Waals surface area contributed by atoms with Crippen molar-refractivity contribution in [2.45, 2.75) is 12.5 Å². The van der Waals surface area contributed by atoms with Crippen LogP contribution in [0.15, 0.2) is 30.6 Å². The third-order valence-corrected chi connectivity index (χ3v) is 6.49. The van der Waals surface area contributed by atoms with Gasteiger partial charge in [-0.2, -0.15) is 0 Å². The molecule has 1 saturated heterocycles. The fraction of sp³-hybridized carbons (Fsp3) is 0.409. The van der Waals surface area contributed by atoms with Crippen molar-refractivity contribution < 1.29 is 19.1 Å². The summed E-state index contributed by atoms with van der Waals surface area (Å²) < 4.78 is 12.9. The number of hydrogen-bond acceptors (Lipinski definition) is 6. The van der Waals surface area contributed by atoms with Crippen molar-refractivity contribution in [2.24, 2.45) is 7.05 Å². The Balaban J connectivity index is 1.63. The fourth-order valence-corrected chi connectivity index (χ4v) is 4.65. The molecule has 3 aromatic rings. The minimum atomic E-state index is -0.104. The van der Waals surface area contributed by atoms with E-state index in [-0.39, 0.29) is 17.9 Å². The number of amides is 2. The van der Waals surface area contributed by atoms with E-state index in [0.29, 0.717) is 41.8 Å². The van der Waals surface area contributed by atoms with E-state index >= 15 is 0 Å². The van der Waals surface area contributed by atoms with Gasteiger partial charge in [-0.25, -0.2) is 4.98 Å². The van der Waals surface area contributed by atoms with Crippen molar-refractivity contribution in [2.75, 3.05) is 41.0 Å². The zero-order valence-electron chi connectivity index (χ0n) is 18.1. The lowest BCUT2D eigenvalue weighted by Gasteiger charge is -2.35. The second kappa shape index (κ2) is 8.68. The van der Waals surface area contributed by atoms with Gasteiger partial charge in [-0.05, 0) is 30.2 Å². The van der Waals surface area contributed by atoms with Gasteiger partial charge in [0.1, 0.15) is 4.88 Å². The highest BCUT2D eigenvalue weighted by molar-refractivity contribution is 7.15. The minimum Gasteiger partial charge on any atom is -0.473 e. The first kappa shape index (κ1) is 21.3. The Morgan fingerprint density at radius 1 is 1.35 bits per heavy atom. The lowest BCUT2D eigenvalue weighted by atomic mass is 10.0. The predicted molar refractivity (Wildman–Crippen MR) is 119 cm³/mol. The average molecular weight is 443 g/mol. The van der Waals surface area contributed by atoms with Crippen LogP contribution in [0.2, 0.25) is 0 Å². The number of aromatic nitrogens is 2. The molecule has 0 aliphatic carbocycles. The van der Waals surface area contributed by atoms with Crippen LogP contribution in [-0.2, 0) is 18.2 Å². The first-order chi connectivity index (χ1) is 14.9. The van der Waals surface area contributed by atoms with Gasteiger partial charge in [-0.1, -0.05) is 11.3 Å². The molecule has 1 aromatic carbocycles. The van der Waals surface area contributed by atoms with Crippen LogP contribution in [0, 0.1) is 0 Å². The molecule has 0 N–H and O–H groups in total. The third-order valence-electron chi connectivity index (χ3n) is 5.54. The molecule has 2 amide bonds. The van der Waals surface area contributed by atoms with Crippen LogP contribution in [0.25, 0.3) is 10.9 Å². The van der Waals surface area contributed by atoms with Crippen LogP contribution < -0.4 is 4.74 Å². The quantitative estimate of drug-likeness (QED) is 0.607. The molecule has 3 heterocycles. The molecule has 4 rings (SSSR count). The van der Waals surface area contributed by atoms with Crippen LogP contribution in [0.1, 0.15) is 25.6 Å². The van der Waals surface area contributed by atoms with Gasteiger partial charge in [0.2, 0.25) is 0 Å². The van der Waals surface area contributed by atoms with Gasteiger partial charge in [-0.3, -0.25) is 9.59 Å². The molecule has 8 nitrogen and oxygen atoms in total. The Morgan fingerprint density at radius 2 is 2.16 bits per heavy atom. The van der Waals surface area contributed by atoms with Crippen molar-refractivity contribution in [1.29, 1.82) is 0 Å². The number of carbonyl (C=O) groups is 2. The summed E-state index contributed by atoms with van der Waals surface area (Å²) in [5.74, 6) is -0.0912. The predicted octanol–water partition coefficient (Wildman–Crippen LogP) is 2.43. The van der Waals surface area contributed by atoms with E-state index in [1.165, 1.54) is 11.3 Å². The van der Waals surface area contributed by atoms with Gasteiger partial charge < -0.3 is 23.8 Å². The van der Waals surface area contributed by atoms with E-state index in [1.54, 1.807) is 32.3 Å². The second-order valence-corrected chi connectivity index (χ2v) is 8.82. The van der Waals surface area contributed by atoms with Gasteiger partial charge in [0.25, 0.3) is 17.0 Å². The number of benzene rings is 1. The summed E-state index contributed by atoms with van der Waals surface area (Å²) in [4.78, 5) is 33.7. The van der Waals surface area contributed by atoms with Crippen LogP contribution >= 0.6 is 11.3 Å². The molecule has 2 aromatic heterocycles. The van der Waals surface area contributed by atoms with Crippen molar-refractivity contribution in [3.63, 3.8) is 0 Å². The Hall–Kier alpha value is -2.91. The summed E-state index contributed by atoms with van der Waals surface area (Å²) in [6.45, 7) is 1.50. The number of aryl methyl sites for hydroxylation is 1. The van der Waals surface area contributed by atoms with E-state index in [1.807, 2.05) is 30.1 Å². The maximum atomic E-state index is 13.1. The smallest absolute Gasteiger partial charge is 0.273 e. The van der Waals surface area contributed by atoms with E-state index in [2.05, 4.69) is 15.7 Å². The topological polar surface area (TPSA) is 76.9 Å². The molecule has 1 aliphatic heterocycles. The molecule has 0 bridgehead atoms. The molecule has 164 valence electrons. The minimum absolute atomic E-state index is 0.0337. The first-order valence-corrected chi connectivity index (χ1v) is 10.9. The number of thiazole rings is 1. The zero-order chi connectivity index (χ0) is 22.1. The van der Waals surface area contributed by atoms with Gasteiger partial charge in [0.15, 0.2) is 0 Å². The number of rotatable bonds is 5. The monoisotopic (exact) mass is 442 g/mol. The van der Waals surface area contributed by atoms with Crippen molar-refractivity contribution in [3.05, 3.63) is 46.6 Å². The maximum Gasteiger partial charge on any atom is 0.273 e. The summed E-state index contributed by atoms with van der Waals surface area (Å²) in [7, 11) is 7.02. The molecule has 0 spiro atoms. The Kier molecular flexibility index (Phi) is 5.97. The van der Waals surface area contributed by atoms with Crippen molar-refractivity contribution in [3.8, 4) is 5.19 Å². The lowest BCUT2D eigenvalue weighted by molar-refractivity contribution is -0.00131. The van der Waals surface area contributed by atoms with Crippen LogP contribution in [0.3, 0.4) is 0 Å². The molecule has 0 saturated carbocycles. The van der Waals surface area contributed by atoms with Gasteiger partial charge in [0, 0.05) is 50.4 Å². The number of carbonyl (C=O) groups excluding carboxylic acids is 2. The Bertz CT molecular complexity index is 1120. The lowest BCUT2D eigenvalue weighted by Crippen LogP contribution is -2.49. The SMILES string of the molecule is COc1ncc(C(=O)N2CCOCC2Cc2cn(C)c3ccc(C(=O)N(C)C)cc23)s1. The number of ether oxygens (including phenoxy) is 2. The van der Waals surface area contributed by atoms with E-state index in [4.69, 9.17) is 9.47 Å². The average Bonchev–Trinajstić information content (AvgIpc) is 3.38. The van der Waals surface area contributed by atoms with Crippen LogP contribution in [-0.4, -0.2) is 78.2 Å². The summed E-state index contributed by atoms with van der Waals surface area (Å²) in [6, 6.07) is 5.66. The largest absolute Gasteiger partial charge is 0.473 e. The summed E-state index contributed by atoms with van der Waals surface area (Å²) >= 11 is 1.25. The molecule has 1 aliphatic rings. The highest BCUT2D eigenvalue weighted by Gasteiger charge is 2.30. The van der Waals surface area contributed by atoms with E-state index in [0.717, 1.165) is 16.5 Å². The zero-order valence-corrected chi connectivity index (χ0v) is 18.9. The fourth-order valence-electron chi connectivity index (χ4n) is 3.97. The number of fused-ring (bicyclic) bond motifs is 1. The normalized spacial score (nSPS) is 16.5. The molecular formula is C22H26N4O4S. The number of hydrogen-bond donors (Lipinski definition) is 0. The Labute approximate surface area is 185 Å². The molecule has 1 atom stereocenters. The standard InChI is InChI=1S/C22H26N4O4S/c1-24(2)20(27)14-5-6-18-17(10-14)15(12-25(18)3)9-16-13-30-8-7-26(16)21(28)19-11-23-22(29-4)31-19/h5-6,10-12,16H,7-9,13H2,1-4H3. The van der Waals surface area contributed by atoms with Crippen LogP contribution in [0.5, 0.6) is 5.19 Å². The summed E-state index contributed by atoms with van der Waals surface area (Å²) in [6.07, 6.45) is 4.27. The molecule has 0 radical (unpaired) electrons. The molecule has 9 heteroatoms. The number of morpholine rings is 1. The highest BCUT2D eigenvalue weighted by atomic mass is 32.1. The molecular weight excluding hydrogens is 416 g/mol. The first-order valence-electron chi connectivity index (χ1n) is 10.1. The van der Waals surface area contributed by atoms with Crippen molar-refractivity contribution >= 4 is 34.1 Å². The highest BCUT2D eigenvalue weighted by Crippen LogP contribution is 2.27. The molecule has 1 unspecified atom stereocenters. The van der Waals surface area contributed by atoms with Gasteiger partial charge in [-0.15, -0.1) is 0 Å². The van der Waals surface area contributed by atoms with E-state index in [9.17, 15) is 9.59 Å². The van der Waals surface area contributed by atoms with Crippen molar-refractivity contribution in [1.82, 2.24) is 19.4 Å². The Morgan fingerprint density at radius 3 is 2.87 bits per heavy atom. The van der Waals surface area contributed by atoms with Crippen LogP contribution in [0.4, 0.5) is 0 Å². The molecule has 31 heavy (non-hydrogen) atoms. The summed E-state index contributed by atoms with van der Waals surface area (Å²) in [5, 5.41) is 1.49. The maximum absolute atomic E-state index is 13.1. The third kappa shape index (κ3) is 4.15. The number of nitrogens with zero attached hydrogens (tertiary/aromatic N) is 4. The van der Waals surface area contributed by atoms with E-state index < -0.39 is 0 Å².